The van der Waals surface area contributed by atoms with Gasteiger partial charge < -0.3 is 4.74 Å². The summed E-state index contributed by atoms with van der Waals surface area (Å²) in [6.07, 6.45) is 0.704. The lowest BCUT2D eigenvalue weighted by Crippen LogP contribution is -2.00. The zero-order valence-electron chi connectivity index (χ0n) is 11.0. The quantitative estimate of drug-likeness (QED) is 0.766. The second-order valence-electron chi connectivity index (χ2n) is 4.23. The number of halogens is 2. The minimum atomic E-state index is 0.424. The van der Waals surface area contributed by atoms with Gasteiger partial charge in [0.1, 0.15) is 16.7 Å². The van der Waals surface area contributed by atoms with Gasteiger partial charge in [0, 0.05) is 17.0 Å². The fraction of sp³-hybridized carbons (Fsp3) is 0.286. The number of ether oxygens (including phenoxy) is 1. The van der Waals surface area contributed by atoms with Crippen LogP contribution in [0.25, 0.3) is 0 Å². The summed E-state index contributed by atoms with van der Waals surface area (Å²) < 4.78 is 5.77. The Labute approximate surface area is 122 Å². The van der Waals surface area contributed by atoms with Gasteiger partial charge in [-0.25, -0.2) is 4.98 Å². The highest BCUT2D eigenvalue weighted by atomic mass is 35.5. The van der Waals surface area contributed by atoms with E-state index < -0.39 is 0 Å². The molecule has 0 radical (unpaired) electrons. The van der Waals surface area contributed by atoms with Crippen LogP contribution in [-0.2, 0) is 6.42 Å². The topological polar surface area (TPSA) is 35.0 Å². The Balaban J connectivity index is 2.37. The highest BCUT2D eigenvalue weighted by Gasteiger charge is 2.11. The molecular formula is C14H14Cl2N2O. The normalized spacial score (nSPS) is 10.6. The Morgan fingerprint density at radius 2 is 1.89 bits per heavy atom. The van der Waals surface area contributed by atoms with Gasteiger partial charge in [-0.2, -0.15) is 4.98 Å². The molecule has 0 amide bonds. The van der Waals surface area contributed by atoms with Gasteiger partial charge in [-0.3, -0.25) is 0 Å². The van der Waals surface area contributed by atoms with E-state index in [9.17, 15) is 0 Å². The Hall–Kier alpha value is -1.32. The molecule has 1 aromatic carbocycles. The maximum atomic E-state index is 6.07. The van der Waals surface area contributed by atoms with E-state index >= 15 is 0 Å². The van der Waals surface area contributed by atoms with Gasteiger partial charge in [-0.15, -0.1) is 0 Å². The third-order valence-electron chi connectivity index (χ3n) is 2.75. The van der Waals surface area contributed by atoms with Gasteiger partial charge in [0.05, 0.1) is 0 Å². The van der Waals surface area contributed by atoms with Gasteiger partial charge in [0.2, 0.25) is 5.88 Å². The van der Waals surface area contributed by atoms with Gasteiger partial charge in [0.25, 0.3) is 0 Å². The summed E-state index contributed by atoms with van der Waals surface area (Å²) in [5.74, 6) is 1.83. The molecule has 0 unspecified atom stereocenters. The van der Waals surface area contributed by atoms with E-state index in [4.69, 9.17) is 27.9 Å². The van der Waals surface area contributed by atoms with Gasteiger partial charge in [0.15, 0.2) is 0 Å². The summed E-state index contributed by atoms with van der Waals surface area (Å²) in [7, 11) is 0. The van der Waals surface area contributed by atoms with Gasteiger partial charge >= 0.3 is 0 Å². The lowest BCUT2D eigenvalue weighted by Gasteiger charge is -2.10. The second-order valence-corrected chi connectivity index (χ2v) is 4.99. The van der Waals surface area contributed by atoms with Gasteiger partial charge in [-0.05, 0) is 37.6 Å². The number of aromatic nitrogens is 2. The van der Waals surface area contributed by atoms with Crippen molar-refractivity contribution in [2.75, 3.05) is 0 Å². The minimum absolute atomic E-state index is 0.424. The first-order valence-corrected chi connectivity index (χ1v) is 6.74. The van der Waals surface area contributed by atoms with Crippen molar-refractivity contribution in [3.8, 4) is 11.6 Å². The highest BCUT2D eigenvalue weighted by molar-refractivity contribution is 6.31. The molecule has 0 bridgehead atoms. The molecule has 0 aliphatic rings. The summed E-state index contributed by atoms with van der Waals surface area (Å²) in [5.41, 5.74) is 1.68. The van der Waals surface area contributed by atoms with Crippen molar-refractivity contribution in [1.29, 1.82) is 0 Å². The van der Waals surface area contributed by atoms with Crippen LogP contribution < -0.4 is 4.74 Å². The summed E-state index contributed by atoms with van der Waals surface area (Å²) in [5, 5.41) is 1.13. The molecule has 1 aromatic heterocycles. The fourth-order valence-electron chi connectivity index (χ4n) is 1.56. The number of nitrogens with zero attached hydrogens (tertiary/aromatic N) is 2. The van der Waals surface area contributed by atoms with Crippen molar-refractivity contribution in [3.63, 3.8) is 0 Å². The summed E-state index contributed by atoms with van der Waals surface area (Å²) in [4.78, 5) is 8.53. The van der Waals surface area contributed by atoms with Crippen molar-refractivity contribution in [2.24, 2.45) is 0 Å². The van der Waals surface area contributed by atoms with Crippen LogP contribution in [0.4, 0.5) is 0 Å². The van der Waals surface area contributed by atoms with E-state index in [1.54, 1.807) is 12.1 Å². The molecule has 0 fully saturated rings. The van der Waals surface area contributed by atoms with Crippen LogP contribution >= 0.6 is 23.2 Å². The summed E-state index contributed by atoms with van der Waals surface area (Å²) in [6, 6.07) is 5.46. The molecular weight excluding hydrogens is 283 g/mol. The largest absolute Gasteiger partial charge is 0.439 e. The molecule has 0 saturated heterocycles. The van der Waals surface area contributed by atoms with E-state index in [2.05, 4.69) is 9.97 Å². The maximum Gasteiger partial charge on any atom is 0.226 e. The van der Waals surface area contributed by atoms with Crippen LogP contribution in [0.2, 0.25) is 10.2 Å². The Bertz CT molecular complexity index is 615. The Morgan fingerprint density at radius 1 is 1.16 bits per heavy atom. The molecule has 19 heavy (non-hydrogen) atoms. The highest BCUT2D eigenvalue weighted by Crippen LogP contribution is 2.29. The molecule has 2 aromatic rings. The number of aryl methyl sites for hydroxylation is 2. The van der Waals surface area contributed by atoms with Crippen LogP contribution in [0, 0.1) is 13.8 Å². The van der Waals surface area contributed by atoms with E-state index in [1.165, 1.54) is 0 Å². The maximum absolute atomic E-state index is 6.07. The zero-order chi connectivity index (χ0) is 14.0. The van der Waals surface area contributed by atoms with E-state index in [0.717, 1.165) is 11.1 Å². The third-order valence-corrected chi connectivity index (χ3v) is 3.54. The smallest absolute Gasteiger partial charge is 0.226 e. The number of hydrogen-bond acceptors (Lipinski definition) is 3. The van der Waals surface area contributed by atoms with Gasteiger partial charge in [-0.1, -0.05) is 30.1 Å². The van der Waals surface area contributed by atoms with Crippen molar-refractivity contribution >= 4 is 23.2 Å². The van der Waals surface area contributed by atoms with Crippen LogP contribution in [0.3, 0.4) is 0 Å². The number of benzene rings is 1. The Morgan fingerprint density at radius 3 is 2.53 bits per heavy atom. The monoisotopic (exact) mass is 296 g/mol. The first kappa shape index (κ1) is 14.1. The molecule has 0 aliphatic carbocycles. The van der Waals surface area contributed by atoms with Crippen molar-refractivity contribution in [3.05, 3.63) is 45.3 Å². The molecule has 5 heteroatoms. The molecule has 3 nitrogen and oxygen atoms in total. The van der Waals surface area contributed by atoms with Crippen LogP contribution in [0.15, 0.2) is 18.2 Å². The number of rotatable bonds is 3. The first-order chi connectivity index (χ1) is 9.01. The van der Waals surface area contributed by atoms with Crippen molar-refractivity contribution in [1.82, 2.24) is 9.97 Å². The summed E-state index contributed by atoms with van der Waals surface area (Å²) in [6.45, 7) is 5.73. The SMILES string of the molecule is CCc1nc(Cl)c(C)c(Oc2ccc(Cl)c(C)c2)n1. The van der Waals surface area contributed by atoms with E-state index in [1.807, 2.05) is 26.8 Å². The minimum Gasteiger partial charge on any atom is -0.439 e. The zero-order valence-corrected chi connectivity index (χ0v) is 12.5. The van der Waals surface area contributed by atoms with E-state index in [0.29, 0.717) is 34.1 Å². The lowest BCUT2D eigenvalue weighted by molar-refractivity contribution is 0.454. The van der Waals surface area contributed by atoms with Crippen molar-refractivity contribution < 1.29 is 4.74 Å². The molecule has 1 heterocycles. The molecule has 0 aliphatic heterocycles. The predicted octanol–water partition coefficient (Wildman–Crippen LogP) is 4.75. The molecule has 2 rings (SSSR count). The fourth-order valence-corrected chi connectivity index (χ4v) is 1.86. The second kappa shape index (κ2) is 5.76. The molecule has 0 spiro atoms. The third kappa shape index (κ3) is 3.17. The van der Waals surface area contributed by atoms with E-state index in [-0.39, 0.29) is 0 Å². The van der Waals surface area contributed by atoms with Crippen LogP contribution in [0.1, 0.15) is 23.9 Å². The molecule has 100 valence electrons. The molecule has 0 N–H and O–H groups in total. The Kier molecular flexibility index (Phi) is 4.27. The first-order valence-electron chi connectivity index (χ1n) is 5.98. The number of hydrogen-bond donors (Lipinski definition) is 0. The summed E-state index contributed by atoms with van der Waals surface area (Å²) >= 11 is 12.1. The molecule has 0 atom stereocenters. The predicted molar refractivity (Wildman–Crippen MR) is 77.4 cm³/mol. The standard InChI is InChI=1S/C14H14Cl2N2O/c1-4-12-17-13(16)9(3)14(18-12)19-10-5-6-11(15)8(2)7-10/h5-7H,4H2,1-3H3. The lowest BCUT2D eigenvalue weighted by atomic mass is 10.2. The van der Waals surface area contributed by atoms with Crippen LogP contribution in [-0.4, -0.2) is 9.97 Å². The van der Waals surface area contributed by atoms with Crippen LogP contribution in [0.5, 0.6) is 11.6 Å². The average molecular weight is 297 g/mol. The van der Waals surface area contributed by atoms with Crippen molar-refractivity contribution in [2.45, 2.75) is 27.2 Å². The molecule has 0 saturated carbocycles. The average Bonchev–Trinajstić information content (AvgIpc) is 2.39.